The second-order valence-electron chi connectivity index (χ2n) is 5.04. The molecule has 0 spiro atoms. The molecule has 0 aromatic heterocycles. The number of hydrogen-bond donors (Lipinski definition) is 0. The Morgan fingerprint density at radius 1 is 1.23 bits per heavy atom. The second kappa shape index (κ2) is 4.56. The van der Waals surface area contributed by atoms with E-state index in [0.29, 0.717) is 0 Å². The van der Waals surface area contributed by atoms with E-state index in [1.165, 1.54) is 0 Å². The van der Waals surface area contributed by atoms with Crippen LogP contribution in [-0.2, 0) is 4.43 Å². The van der Waals surface area contributed by atoms with Gasteiger partial charge in [-0.25, -0.2) is 0 Å². The van der Waals surface area contributed by atoms with E-state index in [0.717, 1.165) is 5.09 Å². The number of hydrogen-bond acceptors (Lipinski definition) is 2. The van der Waals surface area contributed by atoms with Crippen LogP contribution in [0.25, 0.3) is 0 Å². The predicted octanol–water partition coefficient (Wildman–Crippen LogP) is 4.23. The molecule has 78 valence electrons. The van der Waals surface area contributed by atoms with E-state index in [1.54, 1.807) is 11.8 Å². The Bertz CT molecular complexity index is 168. The zero-order valence-corrected chi connectivity index (χ0v) is 11.7. The van der Waals surface area contributed by atoms with E-state index < -0.39 is 8.32 Å². The van der Waals surface area contributed by atoms with Crippen molar-refractivity contribution >= 4 is 20.1 Å². The van der Waals surface area contributed by atoms with Crippen molar-refractivity contribution < 1.29 is 4.43 Å². The molecule has 0 aromatic carbocycles. The lowest BCUT2D eigenvalue weighted by molar-refractivity contribution is 0.461. The van der Waals surface area contributed by atoms with Crippen molar-refractivity contribution in [3.05, 3.63) is 11.2 Å². The summed E-state index contributed by atoms with van der Waals surface area (Å²) in [5.74, 6) is 0. The van der Waals surface area contributed by atoms with Gasteiger partial charge in [0.05, 0.1) is 0 Å². The largest absolute Gasteiger partial charge is 0.540 e. The Hall–Kier alpha value is 0.107. The number of allylic oxidation sites excluding steroid dienone is 1. The smallest absolute Gasteiger partial charge is 0.242 e. The monoisotopic (exact) mass is 218 g/mol. The third-order valence-electron chi connectivity index (χ3n) is 1.05. The van der Waals surface area contributed by atoms with Crippen LogP contribution >= 0.6 is 11.8 Å². The first-order valence-electron chi connectivity index (χ1n) is 4.68. The molecule has 0 atom stereocenters. The molecule has 0 fully saturated rings. The Morgan fingerprint density at radius 3 is 1.92 bits per heavy atom. The highest BCUT2D eigenvalue weighted by Crippen LogP contribution is 2.33. The standard InChI is InChI=1S/C10H22OSSi/c1-8-9(11-13(5,6)7)12-10(2,3)4/h8H,1-7H3. The van der Waals surface area contributed by atoms with Crippen molar-refractivity contribution in [2.45, 2.75) is 52.1 Å². The molecule has 1 nitrogen and oxygen atoms in total. The van der Waals surface area contributed by atoms with Gasteiger partial charge in [0, 0.05) is 4.75 Å². The zero-order chi connectivity index (χ0) is 10.7. The summed E-state index contributed by atoms with van der Waals surface area (Å²) in [6.45, 7) is 15.3. The molecule has 0 N–H and O–H groups in total. The maximum Gasteiger partial charge on any atom is 0.242 e. The average Bonchev–Trinajstić information content (AvgIpc) is 1.79. The highest BCUT2D eigenvalue weighted by atomic mass is 32.2. The maximum absolute atomic E-state index is 5.93. The fourth-order valence-corrected chi connectivity index (χ4v) is 3.10. The lowest BCUT2D eigenvalue weighted by Crippen LogP contribution is -2.25. The molecule has 0 aromatic rings. The van der Waals surface area contributed by atoms with E-state index in [9.17, 15) is 0 Å². The minimum absolute atomic E-state index is 0.238. The molecule has 0 aliphatic heterocycles. The highest BCUT2D eigenvalue weighted by Gasteiger charge is 2.21. The molecule has 0 unspecified atom stereocenters. The molecule has 0 aliphatic carbocycles. The van der Waals surface area contributed by atoms with Crippen LogP contribution in [0.2, 0.25) is 19.6 Å². The quantitative estimate of drug-likeness (QED) is 0.518. The normalized spacial score (nSPS) is 14.5. The Labute approximate surface area is 88.1 Å². The molecule has 13 heavy (non-hydrogen) atoms. The Kier molecular flexibility index (Phi) is 4.59. The fraction of sp³-hybridized carbons (Fsp3) is 0.800. The first-order valence-corrected chi connectivity index (χ1v) is 8.91. The van der Waals surface area contributed by atoms with Gasteiger partial charge in [0.1, 0.15) is 5.09 Å². The van der Waals surface area contributed by atoms with E-state index in [4.69, 9.17) is 4.43 Å². The summed E-state index contributed by atoms with van der Waals surface area (Å²) in [5.41, 5.74) is 0. The Balaban J connectivity index is 4.24. The van der Waals surface area contributed by atoms with Gasteiger partial charge in [-0.1, -0.05) is 32.5 Å². The molecule has 0 saturated heterocycles. The zero-order valence-electron chi connectivity index (χ0n) is 9.89. The van der Waals surface area contributed by atoms with Crippen LogP contribution in [0.5, 0.6) is 0 Å². The van der Waals surface area contributed by atoms with Gasteiger partial charge in [0.25, 0.3) is 0 Å². The first kappa shape index (κ1) is 13.1. The molecular formula is C10H22OSSi. The third-order valence-corrected chi connectivity index (χ3v) is 3.16. The summed E-state index contributed by atoms with van der Waals surface area (Å²) in [6.07, 6.45) is 2.06. The van der Waals surface area contributed by atoms with Crippen LogP contribution in [0.4, 0.5) is 0 Å². The van der Waals surface area contributed by atoms with Crippen LogP contribution in [0.3, 0.4) is 0 Å². The van der Waals surface area contributed by atoms with Crippen molar-refractivity contribution in [1.29, 1.82) is 0 Å². The van der Waals surface area contributed by atoms with Crippen LogP contribution in [-0.4, -0.2) is 13.1 Å². The summed E-state index contributed by atoms with van der Waals surface area (Å²) < 4.78 is 6.16. The Morgan fingerprint density at radius 2 is 1.69 bits per heavy atom. The molecule has 0 rings (SSSR count). The van der Waals surface area contributed by atoms with Crippen molar-refractivity contribution in [2.75, 3.05) is 0 Å². The number of thioether (sulfide) groups is 1. The maximum atomic E-state index is 5.93. The van der Waals surface area contributed by atoms with E-state index in [2.05, 4.69) is 46.5 Å². The minimum Gasteiger partial charge on any atom is -0.540 e. The van der Waals surface area contributed by atoms with Crippen LogP contribution < -0.4 is 0 Å². The van der Waals surface area contributed by atoms with Crippen LogP contribution in [0.15, 0.2) is 11.2 Å². The molecule has 0 heterocycles. The van der Waals surface area contributed by atoms with E-state index >= 15 is 0 Å². The van der Waals surface area contributed by atoms with Crippen molar-refractivity contribution in [3.8, 4) is 0 Å². The summed E-state index contributed by atoms with van der Waals surface area (Å²) in [5, 5.41) is 1.08. The molecule has 0 amide bonds. The lowest BCUT2D eigenvalue weighted by Gasteiger charge is -2.26. The predicted molar refractivity (Wildman–Crippen MR) is 65.5 cm³/mol. The summed E-state index contributed by atoms with van der Waals surface area (Å²) in [4.78, 5) is 0. The summed E-state index contributed by atoms with van der Waals surface area (Å²) in [7, 11) is -1.43. The van der Waals surface area contributed by atoms with Crippen LogP contribution in [0, 0.1) is 0 Å². The van der Waals surface area contributed by atoms with Crippen molar-refractivity contribution in [1.82, 2.24) is 0 Å². The van der Waals surface area contributed by atoms with Crippen molar-refractivity contribution in [2.24, 2.45) is 0 Å². The van der Waals surface area contributed by atoms with Gasteiger partial charge in [-0.3, -0.25) is 0 Å². The topological polar surface area (TPSA) is 9.23 Å². The SMILES string of the molecule is CC=C(O[Si](C)(C)C)SC(C)(C)C. The molecule has 3 heteroatoms. The molecule has 0 aliphatic rings. The third kappa shape index (κ3) is 8.44. The van der Waals surface area contributed by atoms with Gasteiger partial charge in [-0.05, 0) is 32.6 Å². The molecule has 0 bridgehead atoms. The van der Waals surface area contributed by atoms with Gasteiger partial charge in [0.15, 0.2) is 0 Å². The van der Waals surface area contributed by atoms with E-state index in [-0.39, 0.29) is 4.75 Å². The van der Waals surface area contributed by atoms with Gasteiger partial charge >= 0.3 is 0 Å². The second-order valence-corrected chi connectivity index (χ2v) is 11.3. The highest BCUT2D eigenvalue weighted by molar-refractivity contribution is 8.04. The molecule has 0 saturated carbocycles. The minimum atomic E-state index is -1.43. The first-order chi connectivity index (χ1) is 5.64. The van der Waals surface area contributed by atoms with Gasteiger partial charge in [0.2, 0.25) is 8.32 Å². The van der Waals surface area contributed by atoms with E-state index in [1.807, 2.05) is 6.92 Å². The van der Waals surface area contributed by atoms with Gasteiger partial charge < -0.3 is 4.43 Å². The van der Waals surface area contributed by atoms with Gasteiger partial charge in [-0.2, -0.15) is 0 Å². The molecule has 0 radical (unpaired) electrons. The van der Waals surface area contributed by atoms with Crippen LogP contribution in [0.1, 0.15) is 27.7 Å². The lowest BCUT2D eigenvalue weighted by atomic mass is 10.3. The average molecular weight is 218 g/mol. The summed E-state index contributed by atoms with van der Waals surface area (Å²) in [6, 6.07) is 0. The van der Waals surface area contributed by atoms with Gasteiger partial charge in [-0.15, -0.1) is 0 Å². The van der Waals surface area contributed by atoms with Crippen molar-refractivity contribution in [3.63, 3.8) is 0 Å². The number of rotatable bonds is 3. The summed E-state index contributed by atoms with van der Waals surface area (Å²) >= 11 is 1.80. The molecular weight excluding hydrogens is 196 g/mol. The fourth-order valence-electron chi connectivity index (χ4n) is 0.742.